The molecule has 3 heteroatoms. The van der Waals surface area contributed by atoms with Crippen molar-refractivity contribution in [3.05, 3.63) is 0 Å². The number of hydrogen-bond donors (Lipinski definition) is 2. The van der Waals surface area contributed by atoms with E-state index in [4.69, 9.17) is 16.2 Å². The molecule has 0 atom stereocenters. The van der Waals surface area contributed by atoms with E-state index < -0.39 is 0 Å². The molecule has 0 aromatic rings. The third-order valence-electron chi connectivity index (χ3n) is 8.99. The van der Waals surface area contributed by atoms with Gasteiger partial charge in [0.05, 0.1) is 0 Å². The molecule has 0 saturated carbocycles. The molecule has 0 heterocycles. The van der Waals surface area contributed by atoms with Crippen LogP contribution in [0.25, 0.3) is 0 Å². The molecule has 248 valence electrons. The van der Waals surface area contributed by atoms with E-state index in [0.717, 1.165) is 26.3 Å². The smallest absolute Gasteiger partial charge is 0.0466 e. The van der Waals surface area contributed by atoms with Crippen molar-refractivity contribution in [2.45, 2.75) is 218 Å². The zero-order chi connectivity index (χ0) is 29.6. The summed E-state index contributed by atoms with van der Waals surface area (Å²) in [5.41, 5.74) is 11.1. The van der Waals surface area contributed by atoms with E-state index in [1.54, 1.807) is 0 Å². The standard InChI is InChI=1S/C38H80N2O/c39-35-31-27-23-19-15-11-7-3-1-2-5-9-13-17-21-25-29-33-37-41-38-34-30-26-22-18-14-10-6-4-8-12-16-20-24-28-32-36-40/h1-40H2. The summed E-state index contributed by atoms with van der Waals surface area (Å²) in [6, 6.07) is 0. The largest absolute Gasteiger partial charge is 0.381 e. The molecule has 0 rings (SSSR count). The maximum atomic E-state index is 5.88. The van der Waals surface area contributed by atoms with Gasteiger partial charge in [-0.1, -0.05) is 193 Å². The lowest BCUT2D eigenvalue weighted by Gasteiger charge is -2.06. The highest BCUT2D eigenvalue weighted by Gasteiger charge is 1.97. The Balaban J connectivity index is 3.02. The molecule has 0 aromatic carbocycles. The maximum absolute atomic E-state index is 5.88. The van der Waals surface area contributed by atoms with Gasteiger partial charge in [-0.05, 0) is 38.8 Å². The molecule has 3 nitrogen and oxygen atoms in total. The summed E-state index contributed by atoms with van der Waals surface area (Å²) in [4.78, 5) is 0. The van der Waals surface area contributed by atoms with E-state index in [1.807, 2.05) is 0 Å². The van der Waals surface area contributed by atoms with Crippen molar-refractivity contribution >= 4 is 0 Å². The third-order valence-corrected chi connectivity index (χ3v) is 8.99. The average molecular weight is 581 g/mol. The van der Waals surface area contributed by atoms with Gasteiger partial charge in [0.25, 0.3) is 0 Å². The third kappa shape index (κ3) is 39.9. The summed E-state index contributed by atoms with van der Waals surface area (Å²) in [7, 11) is 0. The number of unbranched alkanes of at least 4 members (excludes halogenated alkanes) is 32. The quantitative estimate of drug-likeness (QED) is 0.0714. The first-order valence-corrected chi connectivity index (χ1v) is 19.4. The summed E-state index contributed by atoms with van der Waals surface area (Å²) < 4.78 is 5.88. The minimum absolute atomic E-state index is 0.868. The van der Waals surface area contributed by atoms with Crippen LogP contribution in [0.15, 0.2) is 0 Å². The minimum atomic E-state index is 0.868. The fourth-order valence-corrected chi connectivity index (χ4v) is 6.10. The molecule has 0 fully saturated rings. The van der Waals surface area contributed by atoms with Crippen LogP contribution in [0.4, 0.5) is 0 Å². The van der Waals surface area contributed by atoms with E-state index in [-0.39, 0.29) is 0 Å². The Hall–Kier alpha value is -0.120. The Kier molecular flexibility index (Phi) is 39.8. The molecule has 0 aromatic heterocycles. The van der Waals surface area contributed by atoms with Crippen molar-refractivity contribution in [3.63, 3.8) is 0 Å². The van der Waals surface area contributed by atoms with Gasteiger partial charge in [0.2, 0.25) is 0 Å². The predicted octanol–water partition coefficient (Wildman–Crippen LogP) is 12.2. The topological polar surface area (TPSA) is 61.3 Å². The summed E-state index contributed by atoms with van der Waals surface area (Å²) in [5.74, 6) is 0. The molecule has 0 saturated heterocycles. The zero-order valence-electron chi connectivity index (χ0n) is 28.4. The Morgan fingerprint density at radius 2 is 0.341 bits per heavy atom. The highest BCUT2D eigenvalue weighted by atomic mass is 16.5. The predicted molar refractivity (Wildman–Crippen MR) is 186 cm³/mol. The van der Waals surface area contributed by atoms with Gasteiger partial charge < -0.3 is 16.2 Å². The molecule has 0 aliphatic carbocycles. The number of nitrogens with two attached hydrogens (primary N) is 2. The van der Waals surface area contributed by atoms with Crippen LogP contribution in [-0.4, -0.2) is 26.3 Å². The van der Waals surface area contributed by atoms with Gasteiger partial charge in [-0.25, -0.2) is 0 Å². The lowest BCUT2D eigenvalue weighted by Crippen LogP contribution is -1.97. The van der Waals surface area contributed by atoms with Crippen molar-refractivity contribution in [3.8, 4) is 0 Å². The van der Waals surface area contributed by atoms with Gasteiger partial charge in [-0.15, -0.1) is 0 Å². The van der Waals surface area contributed by atoms with E-state index in [0.29, 0.717) is 0 Å². The van der Waals surface area contributed by atoms with Crippen LogP contribution in [0.5, 0.6) is 0 Å². The molecule has 0 aliphatic heterocycles. The van der Waals surface area contributed by atoms with Gasteiger partial charge >= 0.3 is 0 Å². The van der Waals surface area contributed by atoms with E-state index in [9.17, 15) is 0 Å². The van der Waals surface area contributed by atoms with Crippen LogP contribution < -0.4 is 11.5 Å². The minimum Gasteiger partial charge on any atom is -0.381 e. The second-order valence-electron chi connectivity index (χ2n) is 13.2. The van der Waals surface area contributed by atoms with Crippen LogP contribution in [0.2, 0.25) is 0 Å². The molecular formula is C38H80N2O. The number of hydrogen-bond acceptors (Lipinski definition) is 3. The van der Waals surface area contributed by atoms with Crippen molar-refractivity contribution in [1.29, 1.82) is 0 Å². The van der Waals surface area contributed by atoms with Crippen molar-refractivity contribution < 1.29 is 4.74 Å². The monoisotopic (exact) mass is 581 g/mol. The molecule has 0 radical (unpaired) electrons. The summed E-state index contributed by atoms with van der Waals surface area (Å²) in [6.07, 6.45) is 47.8. The maximum Gasteiger partial charge on any atom is 0.0466 e. The second kappa shape index (κ2) is 39.9. The van der Waals surface area contributed by atoms with Crippen molar-refractivity contribution in [2.75, 3.05) is 26.3 Å². The molecule has 0 bridgehead atoms. The van der Waals surface area contributed by atoms with Gasteiger partial charge in [0.1, 0.15) is 0 Å². The first kappa shape index (κ1) is 40.9. The summed E-state index contributed by atoms with van der Waals surface area (Å²) in [5, 5.41) is 0. The Labute approximate surface area is 260 Å². The lowest BCUT2D eigenvalue weighted by molar-refractivity contribution is 0.125. The first-order valence-electron chi connectivity index (χ1n) is 19.4. The Morgan fingerprint density at radius 1 is 0.195 bits per heavy atom. The van der Waals surface area contributed by atoms with Crippen LogP contribution in [0.3, 0.4) is 0 Å². The lowest BCUT2D eigenvalue weighted by atomic mass is 10.0. The van der Waals surface area contributed by atoms with Gasteiger partial charge in [-0.2, -0.15) is 0 Å². The summed E-state index contributed by atoms with van der Waals surface area (Å²) >= 11 is 0. The Bertz CT molecular complexity index is 392. The zero-order valence-corrected chi connectivity index (χ0v) is 28.4. The van der Waals surface area contributed by atoms with Crippen molar-refractivity contribution in [2.24, 2.45) is 11.5 Å². The van der Waals surface area contributed by atoms with E-state index in [1.165, 1.54) is 218 Å². The SMILES string of the molecule is NCCCCCCCCCCCCCCCCCCCCOCCCCCCCCCCCCCCCCCCN. The van der Waals surface area contributed by atoms with E-state index >= 15 is 0 Å². The molecular weight excluding hydrogens is 500 g/mol. The van der Waals surface area contributed by atoms with Gasteiger partial charge in [0.15, 0.2) is 0 Å². The normalized spacial score (nSPS) is 11.6. The molecule has 0 amide bonds. The molecule has 41 heavy (non-hydrogen) atoms. The van der Waals surface area contributed by atoms with Crippen LogP contribution in [-0.2, 0) is 4.74 Å². The van der Waals surface area contributed by atoms with Gasteiger partial charge in [-0.3, -0.25) is 0 Å². The van der Waals surface area contributed by atoms with Crippen LogP contribution in [0, 0.1) is 0 Å². The number of ether oxygens (including phenoxy) is 1. The summed E-state index contributed by atoms with van der Waals surface area (Å²) in [6.45, 7) is 3.71. The first-order chi connectivity index (χ1) is 20.4. The highest BCUT2D eigenvalue weighted by Crippen LogP contribution is 2.15. The Morgan fingerprint density at radius 3 is 0.512 bits per heavy atom. The second-order valence-corrected chi connectivity index (χ2v) is 13.2. The highest BCUT2D eigenvalue weighted by molar-refractivity contribution is 4.52. The number of rotatable bonds is 38. The van der Waals surface area contributed by atoms with Gasteiger partial charge in [0, 0.05) is 13.2 Å². The molecule has 0 spiro atoms. The fourth-order valence-electron chi connectivity index (χ4n) is 6.10. The molecule has 4 N–H and O–H groups in total. The van der Waals surface area contributed by atoms with Crippen molar-refractivity contribution in [1.82, 2.24) is 0 Å². The van der Waals surface area contributed by atoms with Crippen LogP contribution in [0.1, 0.15) is 218 Å². The fraction of sp³-hybridized carbons (Fsp3) is 1.00. The molecule has 0 unspecified atom stereocenters. The molecule has 0 aliphatic rings. The average Bonchev–Trinajstić information content (AvgIpc) is 2.98. The van der Waals surface area contributed by atoms with E-state index in [2.05, 4.69) is 0 Å². The van der Waals surface area contributed by atoms with Crippen LogP contribution >= 0.6 is 0 Å².